The Kier molecular flexibility index (Phi) is 4.52. The first-order chi connectivity index (χ1) is 13.1. The lowest BCUT2D eigenvalue weighted by Gasteiger charge is -2.31. The number of hydroxylamine groups is 2. The quantitative estimate of drug-likeness (QED) is 0.610. The molecule has 5 nitrogen and oxygen atoms in total. The number of hydrogen-bond donors (Lipinski definition) is 0. The summed E-state index contributed by atoms with van der Waals surface area (Å²) in [4.78, 5) is 43.9. The van der Waals surface area contributed by atoms with Crippen molar-refractivity contribution in [3.8, 4) is 0 Å². The first kappa shape index (κ1) is 17.5. The highest BCUT2D eigenvalue weighted by Gasteiger charge is 2.46. The maximum atomic E-state index is 13.3. The summed E-state index contributed by atoms with van der Waals surface area (Å²) in [6, 6.07) is 16.1. The number of nitrogens with zero attached hydrogens (tertiary/aromatic N) is 1. The standard InChI is InChI=1S/C22H21NO4/c24-19-17-12-6-7-13-18(17)20(25)23(19)27-21(26)22(14-8-1-2-9-15-22)16-10-4-3-5-11-16/h3-7,10-13H,1-2,8-9,14-15H2. The lowest BCUT2D eigenvalue weighted by Crippen LogP contribution is -2.43. The summed E-state index contributed by atoms with van der Waals surface area (Å²) >= 11 is 0. The number of imide groups is 1. The van der Waals surface area contributed by atoms with Crippen LogP contribution in [-0.2, 0) is 15.0 Å². The molecule has 2 amide bonds. The van der Waals surface area contributed by atoms with E-state index in [-0.39, 0.29) is 11.1 Å². The van der Waals surface area contributed by atoms with E-state index in [1.807, 2.05) is 30.3 Å². The summed E-state index contributed by atoms with van der Waals surface area (Å²) in [6.45, 7) is 0. The summed E-state index contributed by atoms with van der Waals surface area (Å²) in [5.74, 6) is -1.69. The molecule has 27 heavy (non-hydrogen) atoms. The largest absolute Gasteiger partial charge is 0.343 e. The Bertz CT molecular complexity index is 847. The van der Waals surface area contributed by atoms with Gasteiger partial charge in [-0.2, -0.15) is 0 Å². The van der Waals surface area contributed by atoms with E-state index >= 15 is 0 Å². The number of carbonyl (C=O) groups is 3. The summed E-state index contributed by atoms with van der Waals surface area (Å²) < 4.78 is 0. The molecule has 2 aliphatic rings. The van der Waals surface area contributed by atoms with Crippen molar-refractivity contribution in [3.63, 3.8) is 0 Å². The van der Waals surface area contributed by atoms with Gasteiger partial charge in [0.15, 0.2) is 0 Å². The molecule has 1 fully saturated rings. The van der Waals surface area contributed by atoms with Gasteiger partial charge >= 0.3 is 5.97 Å². The van der Waals surface area contributed by atoms with Crippen molar-refractivity contribution < 1.29 is 19.2 Å². The zero-order valence-corrected chi connectivity index (χ0v) is 15.0. The van der Waals surface area contributed by atoms with Gasteiger partial charge in [0.05, 0.1) is 16.5 Å². The van der Waals surface area contributed by atoms with Gasteiger partial charge in [-0.25, -0.2) is 4.79 Å². The molecule has 1 saturated carbocycles. The number of carbonyl (C=O) groups excluding carboxylic acids is 3. The Balaban J connectivity index is 1.66. The van der Waals surface area contributed by atoms with Crippen LogP contribution in [0.5, 0.6) is 0 Å². The highest BCUT2D eigenvalue weighted by molar-refractivity contribution is 6.21. The van der Waals surface area contributed by atoms with Gasteiger partial charge in [0.25, 0.3) is 11.8 Å². The minimum absolute atomic E-state index is 0.268. The summed E-state index contributed by atoms with van der Waals surface area (Å²) in [5, 5.41) is 0.628. The summed E-state index contributed by atoms with van der Waals surface area (Å²) in [5.41, 5.74) is 0.593. The number of fused-ring (bicyclic) bond motifs is 1. The van der Waals surface area contributed by atoms with E-state index in [1.165, 1.54) is 0 Å². The number of rotatable bonds is 3. The maximum Gasteiger partial charge on any atom is 0.343 e. The molecule has 0 bridgehead atoms. The van der Waals surface area contributed by atoms with Crippen LogP contribution >= 0.6 is 0 Å². The van der Waals surface area contributed by atoms with E-state index in [1.54, 1.807) is 24.3 Å². The van der Waals surface area contributed by atoms with E-state index in [0.717, 1.165) is 31.2 Å². The first-order valence-corrected chi connectivity index (χ1v) is 9.39. The van der Waals surface area contributed by atoms with Gasteiger partial charge in [0, 0.05) is 0 Å². The molecule has 0 spiro atoms. The van der Waals surface area contributed by atoms with Gasteiger partial charge in [-0.15, -0.1) is 0 Å². The molecule has 0 N–H and O–H groups in total. The lowest BCUT2D eigenvalue weighted by molar-refractivity contribution is -0.176. The highest BCUT2D eigenvalue weighted by Crippen LogP contribution is 2.40. The molecule has 4 rings (SSSR count). The van der Waals surface area contributed by atoms with Crippen molar-refractivity contribution in [1.29, 1.82) is 0 Å². The average Bonchev–Trinajstić information content (AvgIpc) is 2.89. The fourth-order valence-electron chi connectivity index (χ4n) is 4.12. The second-order valence-electron chi connectivity index (χ2n) is 7.19. The number of benzene rings is 2. The summed E-state index contributed by atoms with van der Waals surface area (Å²) in [7, 11) is 0. The predicted octanol–water partition coefficient (Wildman–Crippen LogP) is 4.03. The van der Waals surface area contributed by atoms with Crippen molar-refractivity contribution in [2.24, 2.45) is 0 Å². The van der Waals surface area contributed by atoms with Crippen LogP contribution in [0.25, 0.3) is 0 Å². The predicted molar refractivity (Wildman–Crippen MR) is 98.9 cm³/mol. The molecule has 0 aromatic heterocycles. The molecule has 1 heterocycles. The SMILES string of the molecule is O=C1c2ccccc2C(=O)N1OC(=O)C1(c2ccccc2)CCCCCC1. The van der Waals surface area contributed by atoms with Gasteiger partial charge in [-0.1, -0.05) is 73.2 Å². The lowest BCUT2D eigenvalue weighted by atomic mass is 9.74. The van der Waals surface area contributed by atoms with E-state index in [9.17, 15) is 14.4 Å². The van der Waals surface area contributed by atoms with Crippen LogP contribution in [0.2, 0.25) is 0 Å². The topological polar surface area (TPSA) is 63.7 Å². The van der Waals surface area contributed by atoms with E-state index in [2.05, 4.69) is 0 Å². The van der Waals surface area contributed by atoms with Crippen LogP contribution in [0.4, 0.5) is 0 Å². The van der Waals surface area contributed by atoms with Gasteiger partial charge in [-0.3, -0.25) is 9.59 Å². The third kappa shape index (κ3) is 2.93. The van der Waals surface area contributed by atoms with Crippen LogP contribution < -0.4 is 0 Å². The van der Waals surface area contributed by atoms with Crippen LogP contribution in [0.15, 0.2) is 54.6 Å². The average molecular weight is 363 g/mol. The molecular formula is C22H21NO4. The van der Waals surface area contributed by atoms with Gasteiger partial charge in [0.2, 0.25) is 0 Å². The molecule has 1 aliphatic heterocycles. The van der Waals surface area contributed by atoms with Crippen LogP contribution in [0.3, 0.4) is 0 Å². The first-order valence-electron chi connectivity index (χ1n) is 9.39. The fourth-order valence-corrected chi connectivity index (χ4v) is 4.12. The van der Waals surface area contributed by atoms with E-state index in [4.69, 9.17) is 4.84 Å². The monoisotopic (exact) mass is 363 g/mol. The number of hydrogen-bond acceptors (Lipinski definition) is 4. The molecule has 1 aliphatic carbocycles. The fraction of sp³-hybridized carbons (Fsp3) is 0.318. The Morgan fingerprint density at radius 3 is 1.85 bits per heavy atom. The Hall–Kier alpha value is -2.95. The van der Waals surface area contributed by atoms with Crippen LogP contribution in [-0.4, -0.2) is 22.8 Å². The van der Waals surface area contributed by atoms with Crippen molar-refractivity contribution in [2.75, 3.05) is 0 Å². The number of amides is 2. The zero-order chi connectivity index (χ0) is 18.9. The molecule has 2 aromatic rings. The third-order valence-electron chi connectivity index (χ3n) is 5.61. The zero-order valence-electron chi connectivity index (χ0n) is 15.0. The summed E-state index contributed by atoms with van der Waals surface area (Å²) in [6.07, 6.45) is 5.25. The third-order valence-corrected chi connectivity index (χ3v) is 5.61. The second kappa shape index (κ2) is 6.99. The van der Waals surface area contributed by atoms with E-state index in [0.29, 0.717) is 17.9 Å². The van der Waals surface area contributed by atoms with E-state index < -0.39 is 23.2 Å². The normalized spacial score (nSPS) is 18.7. The van der Waals surface area contributed by atoms with Crippen molar-refractivity contribution >= 4 is 17.8 Å². The van der Waals surface area contributed by atoms with Crippen molar-refractivity contribution in [2.45, 2.75) is 43.9 Å². The minimum Gasteiger partial charge on any atom is -0.329 e. The molecule has 2 aromatic carbocycles. The Morgan fingerprint density at radius 1 is 0.778 bits per heavy atom. The van der Waals surface area contributed by atoms with Crippen LogP contribution in [0.1, 0.15) is 64.8 Å². The molecule has 0 atom stereocenters. The van der Waals surface area contributed by atoms with Crippen LogP contribution in [0, 0.1) is 0 Å². The Labute approximate surface area is 157 Å². The van der Waals surface area contributed by atoms with Gasteiger partial charge in [-0.05, 0) is 30.5 Å². The Morgan fingerprint density at radius 2 is 1.30 bits per heavy atom. The maximum absolute atomic E-state index is 13.3. The molecule has 0 unspecified atom stereocenters. The highest BCUT2D eigenvalue weighted by atomic mass is 16.7. The smallest absolute Gasteiger partial charge is 0.329 e. The minimum atomic E-state index is -0.826. The van der Waals surface area contributed by atoms with Crippen molar-refractivity contribution in [3.05, 3.63) is 71.3 Å². The molecule has 5 heteroatoms. The van der Waals surface area contributed by atoms with Gasteiger partial charge in [0.1, 0.15) is 0 Å². The molecule has 0 saturated heterocycles. The second-order valence-corrected chi connectivity index (χ2v) is 7.19. The van der Waals surface area contributed by atoms with Gasteiger partial charge < -0.3 is 4.84 Å². The molecular weight excluding hydrogens is 342 g/mol. The molecule has 0 radical (unpaired) electrons. The molecule has 138 valence electrons. The van der Waals surface area contributed by atoms with Crippen molar-refractivity contribution in [1.82, 2.24) is 5.06 Å².